The molecule has 3 aromatic heterocycles. The molecular weight excluding hydrogens is 422 g/mol. The lowest BCUT2D eigenvalue weighted by atomic mass is 9.82. The van der Waals surface area contributed by atoms with Gasteiger partial charge in [-0.05, 0) is 29.3 Å². The number of hydrogen-bond donors (Lipinski definition) is 1. The van der Waals surface area contributed by atoms with Gasteiger partial charge in [0.15, 0.2) is 5.58 Å². The number of nitrogens with one attached hydrogen (secondary N) is 1. The fourth-order valence-corrected chi connectivity index (χ4v) is 4.72. The van der Waals surface area contributed by atoms with E-state index in [0.29, 0.717) is 29.0 Å². The average Bonchev–Trinajstić information content (AvgIpc) is 3.55. The Hall–Kier alpha value is -4.27. The fourth-order valence-electron chi connectivity index (χ4n) is 4.72. The molecule has 0 saturated carbocycles. The van der Waals surface area contributed by atoms with Crippen LogP contribution in [0.2, 0.25) is 0 Å². The van der Waals surface area contributed by atoms with Crippen LogP contribution in [-0.4, -0.2) is 43.9 Å². The smallest absolute Gasteiger partial charge is 0.254 e. The number of aromatic nitrogens is 3. The maximum Gasteiger partial charge on any atom is 0.254 e. The number of benzene rings is 1. The Morgan fingerprint density at radius 3 is 2.76 bits per heavy atom. The van der Waals surface area contributed by atoms with Gasteiger partial charge in [0.2, 0.25) is 11.8 Å². The van der Waals surface area contributed by atoms with Crippen molar-refractivity contribution in [2.45, 2.75) is 18.4 Å². The molecule has 1 aromatic carbocycles. The number of imide groups is 1. The number of nitrogens with zero attached hydrogens (tertiary/aromatic N) is 4. The summed E-state index contributed by atoms with van der Waals surface area (Å²) < 4.78 is 7.66. The highest BCUT2D eigenvalue weighted by Crippen LogP contribution is 2.39. The monoisotopic (exact) mass is 441 g/mol. The van der Waals surface area contributed by atoms with Gasteiger partial charge in [-0.3, -0.25) is 29.4 Å². The topological polar surface area (TPSA) is 110 Å². The molecule has 9 heteroatoms. The maximum absolute atomic E-state index is 13.4. The Kier molecular flexibility index (Phi) is 4.04. The van der Waals surface area contributed by atoms with Crippen LogP contribution in [0.1, 0.15) is 28.1 Å². The largest absolute Gasteiger partial charge is 0.458 e. The summed E-state index contributed by atoms with van der Waals surface area (Å²) in [5.41, 5.74) is 3.08. The molecule has 4 aromatic rings. The highest BCUT2D eigenvalue weighted by atomic mass is 16.3. The molecule has 0 spiro atoms. The molecule has 33 heavy (non-hydrogen) atoms. The molecule has 164 valence electrons. The number of fused-ring (bicyclic) bond motifs is 2. The molecule has 1 atom stereocenters. The third kappa shape index (κ3) is 2.96. The highest BCUT2D eigenvalue weighted by molar-refractivity contribution is 6.10. The van der Waals surface area contributed by atoms with Crippen LogP contribution >= 0.6 is 0 Å². The van der Waals surface area contributed by atoms with Crippen molar-refractivity contribution < 1.29 is 18.8 Å². The number of furan rings is 1. The number of aryl methyl sites for hydroxylation is 1. The standard InChI is InChI=1S/C24H19N5O4/c1-28-11-16(10-26-28)14-4-5-15-12-29(22(31)17(15)7-14)13-24(9-21(30)27-23(24)32)20-8-18-19(33-20)3-2-6-25-18/h2-8,10-11H,9,12-13H2,1H3,(H,27,30,32)/t24-/m1/s1. The maximum atomic E-state index is 13.4. The Bertz CT molecular complexity index is 1440. The van der Waals surface area contributed by atoms with E-state index in [2.05, 4.69) is 15.4 Å². The van der Waals surface area contributed by atoms with Crippen LogP contribution in [0.15, 0.2) is 59.4 Å². The van der Waals surface area contributed by atoms with E-state index in [0.717, 1.165) is 16.7 Å². The number of amides is 3. The summed E-state index contributed by atoms with van der Waals surface area (Å²) in [7, 11) is 1.84. The van der Waals surface area contributed by atoms with Crippen LogP contribution in [0.5, 0.6) is 0 Å². The van der Waals surface area contributed by atoms with E-state index in [1.807, 2.05) is 31.4 Å². The number of rotatable bonds is 4. The van der Waals surface area contributed by atoms with Gasteiger partial charge in [0.05, 0.1) is 12.6 Å². The van der Waals surface area contributed by atoms with Gasteiger partial charge in [-0.25, -0.2) is 0 Å². The molecule has 2 aliphatic rings. The lowest BCUT2D eigenvalue weighted by molar-refractivity contribution is -0.126. The molecule has 1 fully saturated rings. The second-order valence-electron chi connectivity index (χ2n) is 8.57. The molecule has 0 radical (unpaired) electrons. The van der Waals surface area contributed by atoms with Crippen molar-refractivity contribution in [3.8, 4) is 11.1 Å². The van der Waals surface area contributed by atoms with Crippen molar-refractivity contribution >= 4 is 28.8 Å². The van der Waals surface area contributed by atoms with Gasteiger partial charge in [0, 0.05) is 49.7 Å². The summed E-state index contributed by atoms with van der Waals surface area (Å²) in [5, 5.41) is 6.58. The van der Waals surface area contributed by atoms with Gasteiger partial charge in [0.1, 0.15) is 16.7 Å². The molecular formula is C24H19N5O4. The van der Waals surface area contributed by atoms with Gasteiger partial charge in [0.25, 0.3) is 5.91 Å². The van der Waals surface area contributed by atoms with Crippen LogP contribution in [0.25, 0.3) is 22.2 Å². The normalized spacial score (nSPS) is 20.0. The quantitative estimate of drug-likeness (QED) is 0.486. The predicted molar refractivity (Wildman–Crippen MR) is 117 cm³/mol. The summed E-state index contributed by atoms with van der Waals surface area (Å²) in [6, 6.07) is 10.9. The third-order valence-electron chi connectivity index (χ3n) is 6.40. The van der Waals surface area contributed by atoms with Crippen molar-refractivity contribution in [2.24, 2.45) is 7.05 Å². The van der Waals surface area contributed by atoms with E-state index < -0.39 is 17.2 Å². The first-order chi connectivity index (χ1) is 15.9. The zero-order valence-electron chi connectivity index (χ0n) is 17.7. The summed E-state index contributed by atoms with van der Waals surface area (Å²) >= 11 is 0. The van der Waals surface area contributed by atoms with Gasteiger partial charge in [-0.2, -0.15) is 5.10 Å². The molecule has 2 aliphatic heterocycles. The molecule has 1 N–H and O–H groups in total. The molecule has 3 amide bonds. The van der Waals surface area contributed by atoms with E-state index in [-0.39, 0.29) is 18.9 Å². The predicted octanol–water partition coefficient (Wildman–Crippen LogP) is 2.17. The van der Waals surface area contributed by atoms with E-state index in [9.17, 15) is 14.4 Å². The summed E-state index contributed by atoms with van der Waals surface area (Å²) in [5.74, 6) is -0.710. The minimum Gasteiger partial charge on any atom is -0.458 e. The van der Waals surface area contributed by atoms with Gasteiger partial charge >= 0.3 is 0 Å². The molecule has 5 heterocycles. The van der Waals surface area contributed by atoms with Crippen molar-refractivity contribution in [3.05, 3.63) is 71.9 Å². The van der Waals surface area contributed by atoms with Gasteiger partial charge < -0.3 is 9.32 Å². The van der Waals surface area contributed by atoms with Crippen molar-refractivity contribution in [3.63, 3.8) is 0 Å². The van der Waals surface area contributed by atoms with Crippen LogP contribution in [0.4, 0.5) is 0 Å². The van der Waals surface area contributed by atoms with Gasteiger partial charge in [-0.1, -0.05) is 12.1 Å². The SMILES string of the molecule is Cn1cc(-c2ccc3c(c2)C(=O)N(C[C@@]2(c4cc5ncccc5o4)CC(=O)NC2=O)C3)cn1. The van der Waals surface area contributed by atoms with E-state index in [1.54, 1.807) is 40.2 Å². The third-order valence-corrected chi connectivity index (χ3v) is 6.40. The number of pyridine rings is 1. The van der Waals surface area contributed by atoms with Crippen LogP contribution in [0.3, 0.4) is 0 Å². The van der Waals surface area contributed by atoms with E-state index >= 15 is 0 Å². The summed E-state index contributed by atoms with van der Waals surface area (Å²) in [6.45, 7) is 0.378. The first kappa shape index (κ1) is 19.4. The average molecular weight is 441 g/mol. The zero-order chi connectivity index (χ0) is 22.7. The lowest BCUT2D eigenvalue weighted by Gasteiger charge is -2.28. The molecule has 0 aliphatic carbocycles. The Balaban J connectivity index is 1.36. The van der Waals surface area contributed by atoms with Crippen LogP contribution in [-0.2, 0) is 28.6 Å². The first-order valence-electron chi connectivity index (χ1n) is 10.5. The molecule has 1 saturated heterocycles. The van der Waals surface area contributed by atoms with Crippen molar-refractivity contribution in [1.82, 2.24) is 25.0 Å². The highest BCUT2D eigenvalue weighted by Gasteiger charge is 2.53. The Labute approximate surface area is 188 Å². The molecule has 0 unspecified atom stereocenters. The minimum absolute atomic E-state index is 0.0279. The van der Waals surface area contributed by atoms with Crippen molar-refractivity contribution in [1.29, 1.82) is 0 Å². The van der Waals surface area contributed by atoms with Crippen molar-refractivity contribution in [2.75, 3.05) is 6.54 Å². The van der Waals surface area contributed by atoms with E-state index in [4.69, 9.17) is 4.42 Å². The number of carbonyl (C=O) groups excluding carboxylic acids is 3. The molecule has 9 nitrogen and oxygen atoms in total. The minimum atomic E-state index is -1.30. The van der Waals surface area contributed by atoms with Gasteiger partial charge in [-0.15, -0.1) is 0 Å². The lowest BCUT2D eigenvalue weighted by Crippen LogP contribution is -2.46. The fraction of sp³-hybridized carbons (Fsp3) is 0.208. The molecule has 6 rings (SSSR count). The van der Waals surface area contributed by atoms with Crippen LogP contribution < -0.4 is 5.32 Å². The second-order valence-corrected chi connectivity index (χ2v) is 8.57. The number of hydrogen-bond acceptors (Lipinski definition) is 6. The zero-order valence-corrected chi connectivity index (χ0v) is 17.7. The number of carbonyl (C=O) groups is 3. The molecule has 0 bridgehead atoms. The Morgan fingerprint density at radius 2 is 2.03 bits per heavy atom. The second kappa shape index (κ2) is 6.86. The van der Waals surface area contributed by atoms with Crippen LogP contribution in [0, 0.1) is 0 Å². The first-order valence-corrected chi connectivity index (χ1v) is 10.5. The van der Waals surface area contributed by atoms with E-state index in [1.165, 1.54) is 0 Å². The summed E-state index contributed by atoms with van der Waals surface area (Å²) in [6.07, 6.45) is 5.18. The summed E-state index contributed by atoms with van der Waals surface area (Å²) in [4.78, 5) is 44.5. The Morgan fingerprint density at radius 1 is 1.15 bits per heavy atom.